The van der Waals surface area contributed by atoms with Crippen LogP contribution in [0.5, 0.6) is 0 Å². The van der Waals surface area contributed by atoms with E-state index in [1.165, 1.54) is 0 Å². The molecule has 4 aromatic heterocycles. The largest absolute Gasteiger partial charge is 0.323 e. The Bertz CT molecular complexity index is 2140. The van der Waals surface area contributed by atoms with Crippen LogP contribution in [0.1, 0.15) is 37.9 Å². The fourth-order valence-electron chi connectivity index (χ4n) is 6.11. The molecule has 0 aliphatic carbocycles. The maximum Gasteiger partial charge on any atom is 0.254 e. The molecule has 0 radical (unpaired) electrons. The number of nitrogens with zero attached hydrogens (tertiary/aromatic N) is 6. The van der Waals surface area contributed by atoms with Crippen molar-refractivity contribution in [1.82, 2.24) is 29.3 Å². The number of fused-ring (bicyclic) bond motifs is 5. The fourth-order valence-corrected chi connectivity index (χ4v) is 6.28. The Balaban J connectivity index is 1.31. The highest BCUT2D eigenvalue weighted by atomic mass is 35.5. The molecular weight excluding hydrogens is 586 g/mol. The van der Waals surface area contributed by atoms with Crippen molar-refractivity contribution in [2.75, 3.05) is 5.32 Å². The van der Waals surface area contributed by atoms with Gasteiger partial charge in [0, 0.05) is 59.2 Å². The van der Waals surface area contributed by atoms with Crippen molar-refractivity contribution in [3.8, 4) is 33.6 Å². The highest BCUT2D eigenvalue weighted by molar-refractivity contribution is 6.31. The molecule has 1 amide bonds. The molecule has 2 bridgehead atoms. The predicted octanol–water partition coefficient (Wildman–Crippen LogP) is 6.92. The first-order valence-electron chi connectivity index (χ1n) is 14.9. The summed E-state index contributed by atoms with van der Waals surface area (Å²) in [4.78, 5) is 40.6. The lowest BCUT2D eigenvalue weighted by molar-refractivity contribution is -0.119. The highest BCUT2D eigenvalue weighted by Gasteiger charge is 2.24. The molecule has 224 valence electrons. The molecule has 1 aliphatic heterocycles. The quantitative estimate of drug-likeness (QED) is 0.231. The van der Waals surface area contributed by atoms with Crippen LogP contribution in [0.4, 0.5) is 5.69 Å². The van der Waals surface area contributed by atoms with Crippen LogP contribution < -0.4 is 10.9 Å². The first kappa shape index (κ1) is 28.6. The molecule has 0 fully saturated rings. The summed E-state index contributed by atoms with van der Waals surface area (Å²) in [6, 6.07) is 18.8. The number of aryl methyl sites for hydroxylation is 1. The van der Waals surface area contributed by atoms with Gasteiger partial charge in [0.1, 0.15) is 0 Å². The molecule has 1 aliphatic rings. The van der Waals surface area contributed by atoms with Crippen molar-refractivity contribution in [3.05, 3.63) is 113 Å². The maximum atomic E-state index is 13.9. The second-order valence-electron chi connectivity index (χ2n) is 11.5. The van der Waals surface area contributed by atoms with E-state index in [1.54, 1.807) is 40.2 Å². The van der Waals surface area contributed by atoms with E-state index >= 15 is 0 Å². The van der Waals surface area contributed by atoms with Gasteiger partial charge in [-0.25, -0.2) is 4.98 Å². The van der Waals surface area contributed by atoms with Crippen molar-refractivity contribution in [2.24, 2.45) is 13.0 Å². The minimum Gasteiger partial charge on any atom is -0.323 e. The van der Waals surface area contributed by atoms with Crippen LogP contribution in [0.3, 0.4) is 0 Å². The number of hydrogen-bond donors (Lipinski definition) is 1. The number of halogens is 1. The van der Waals surface area contributed by atoms with Gasteiger partial charge in [-0.3, -0.25) is 28.8 Å². The number of hydrogen-bond acceptors (Lipinski definition) is 6. The number of carbonyl (C=O) groups excluding carboxylic acids is 1. The Morgan fingerprint density at radius 3 is 2.62 bits per heavy atom. The van der Waals surface area contributed by atoms with E-state index in [-0.39, 0.29) is 23.4 Å². The Morgan fingerprint density at radius 1 is 0.867 bits per heavy atom. The van der Waals surface area contributed by atoms with Gasteiger partial charge in [-0.15, -0.1) is 0 Å². The average Bonchev–Trinajstić information content (AvgIpc) is 3.41. The van der Waals surface area contributed by atoms with Crippen LogP contribution >= 0.6 is 11.6 Å². The standard InChI is InChI=1S/C35H30ClN7O2/c1-21-4-3-5-32(30-15-24(11-13-38-30)34-31(41-35(21)45)19-40-42(34)2)43-20-39-29(17-33(43)44)28-16-26(36)8-9-27(28)23-7-6-22-10-12-37-18-25(22)14-23/h6-21,32H,3-5H2,1-2H3,(H,41,45)/t21-,32+/m1/s1. The van der Waals surface area contributed by atoms with E-state index < -0.39 is 0 Å². The first-order chi connectivity index (χ1) is 21.9. The van der Waals surface area contributed by atoms with Gasteiger partial charge >= 0.3 is 0 Å². The molecule has 2 atom stereocenters. The lowest BCUT2D eigenvalue weighted by Gasteiger charge is -2.22. The molecule has 10 heteroatoms. The lowest BCUT2D eigenvalue weighted by Crippen LogP contribution is -2.27. The number of rotatable bonds is 3. The van der Waals surface area contributed by atoms with Crippen LogP contribution in [0, 0.1) is 5.92 Å². The molecule has 0 spiro atoms. The van der Waals surface area contributed by atoms with Crippen molar-refractivity contribution in [2.45, 2.75) is 32.2 Å². The van der Waals surface area contributed by atoms with Gasteiger partial charge in [-0.05, 0) is 65.8 Å². The molecule has 9 nitrogen and oxygen atoms in total. The number of nitrogens with one attached hydrogen (secondary N) is 1. The number of amides is 1. The molecule has 6 aromatic rings. The summed E-state index contributed by atoms with van der Waals surface area (Å²) in [7, 11) is 1.84. The molecule has 1 N–H and O–H groups in total. The summed E-state index contributed by atoms with van der Waals surface area (Å²) in [5.41, 5.74) is 5.98. The molecule has 2 aromatic carbocycles. The van der Waals surface area contributed by atoms with Gasteiger partial charge < -0.3 is 5.32 Å². The lowest BCUT2D eigenvalue weighted by atomic mass is 9.95. The number of anilines is 1. The van der Waals surface area contributed by atoms with Crippen LogP contribution in [0.15, 0.2) is 96.6 Å². The molecule has 0 saturated carbocycles. The van der Waals surface area contributed by atoms with Crippen LogP contribution in [0.2, 0.25) is 5.02 Å². The zero-order chi connectivity index (χ0) is 31.1. The monoisotopic (exact) mass is 615 g/mol. The minimum absolute atomic E-state index is 0.0566. The van der Waals surface area contributed by atoms with Gasteiger partial charge in [0.2, 0.25) is 5.91 Å². The Labute approximate surface area is 264 Å². The fraction of sp³-hybridized carbons (Fsp3) is 0.200. The van der Waals surface area contributed by atoms with E-state index in [4.69, 9.17) is 21.6 Å². The number of benzene rings is 2. The van der Waals surface area contributed by atoms with Gasteiger partial charge in [0.25, 0.3) is 5.56 Å². The second-order valence-corrected chi connectivity index (χ2v) is 11.9. The maximum absolute atomic E-state index is 13.9. The SMILES string of the molecule is C[C@@H]1CCC[C@H](n2cnc(-c3cc(Cl)ccc3-c3ccc4ccncc4c3)cc2=O)c2cc(ccn2)-c2c(cnn2C)NC1=O. The molecular formula is C35H30ClN7O2. The summed E-state index contributed by atoms with van der Waals surface area (Å²) >= 11 is 6.46. The normalized spacial score (nSPS) is 16.8. The summed E-state index contributed by atoms with van der Waals surface area (Å²) < 4.78 is 3.37. The smallest absolute Gasteiger partial charge is 0.254 e. The van der Waals surface area contributed by atoms with Crippen molar-refractivity contribution >= 4 is 34.0 Å². The van der Waals surface area contributed by atoms with Crippen molar-refractivity contribution in [1.29, 1.82) is 0 Å². The summed E-state index contributed by atoms with van der Waals surface area (Å²) in [6.07, 6.45) is 10.6. The molecule has 7 rings (SSSR count). The molecule has 5 heterocycles. The number of pyridine rings is 2. The van der Waals surface area contributed by atoms with Crippen molar-refractivity contribution in [3.63, 3.8) is 0 Å². The van der Waals surface area contributed by atoms with Gasteiger partial charge in [-0.1, -0.05) is 43.1 Å². The first-order valence-corrected chi connectivity index (χ1v) is 15.2. The Morgan fingerprint density at radius 2 is 1.76 bits per heavy atom. The zero-order valence-electron chi connectivity index (χ0n) is 24.8. The third-order valence-corrected chi connectivity index (χ3v) is 8.77. The van der Waals surface area contributed by atoms with E-state index in [0.29, 0.717) is 35.7 Å². The number of aromatic nitrogens is 6. The highest BCUT2D eigenvalue weighted by Crippen LogP contribution is 2.35. The Hall–Kier alpha value is -5.15. The van der Waals surface area contributed by atoms with Crippen LogP contribution in [0.25, 0.3) is 44.4 Å². The van der Waals surface area contributed by atoms with Crippen LogP contribution in [-0.4, -0.2) is 35.2 Å². The summed E-state index contributed by atoms with van der Waals surface area (Å²) in [5, 5.41) is 10.1. The average molecular weight is 616 g/mol. The van der Waals surface area contributed by atoms with Crippen LogP contribution in [-0.2, 0) is 11.8 Å². The van der Waals surface area contributed by atoms with E-state index in [9.17, 15) is 9.59 Å². The van der Waals surface area contributed by atoms with Gasteiger partial charge in [0.15, 0.2) is 0 Å². The third kappa shape index (κ3) is 5.51. The zero-order valence-corrected chi connectivity index (χ0v) is 25.6. The van der Waals surface area contributed by atoms with Gasteiger partial charge in [-0.2, -0.15) is 5.10 Å². The number of carbonyl (C=O) groups is 1. The topological polar surface area (TPSA) is 108 Å². The van der Waals surface area contributed by atoms with E-state index in [0.717, 1.165) is 44.4 Å². The molecule has 0 saturated heterocycles. The predicted molar refractivity (Wildman–Crippen MR) is 176 cm³/mol. The van der Waals surface area contributed by atoms with Crippen molar-refractivity contribution < 1.29 is 4.79 Å². The van der Waals surface area contributed by atoms with E-state index in [1.807, 2.05) is 56.6 Å². The van der Waals surface area contributed by atoms with Gasteiger partial charge in [0.05, 0.1) is 41.3 Å². The second kappa shape index (κ2) is 11.7. The Kier molecular flexibility index (Phi) is 7.47. The summed E-state index contributed by atoms with van der Waals surface area (Å²) in [6.45, 7) is 1.92. The molecule has 45 heavy (non-hydrogen) atoms. The summed E-state index contributed by atoms with van der Waals surface area (Å²) in [5.74, 6) is -0.271. The minimum atomic E-state index is -0.378. The third-order valence-electron chi connectivity index (χ3n) is 8.54. The molecule has 0 unspecified atom stereocenters. The van der Waals surface area contributed by atoms with E-state index in [2.05, 4.69) is 33.6 Å².